The molecule has 9 heteroatoms. The van der Waals surface area contributed by atoms with Gasteiger partial charge in [0.15, 0.2) is 9.84 Å². The van der Waals surface area contributed by atoms with Crippen LogP contribution >= 0.6 is 0 Å². The first-order valence-electron chi connectivity index (χ1n) is 7.51. The molecule has 2 rings (SSSR count). The van der Waals surface area contributed by atoms with Crippen LogP contribution in [0.2, 0.25) is 0 Å². The predicted octanol–water partition coefficient (Wildman–Crippen LogP) is -0.268. The molecule has 8 nitrogen and oxygen atoms in total. The number of piperidine rings is 1. The summed E-state index contributed by atoms with van der Waals surface area (Å²) in [6.45, 7) is 4.96. The number of nitrogens with zero attached hydrogens (tertiary/aromatic N) is 3. The molecular weight excluding hydrogens is 308 g/mol. The molecule has 1 fully saturated rings. The van der Waals surface area contributed by atoms with Gasteiger partial charge >= 0.3 is 5.69 Å². The van der Waals surface area contributed by atoms with Crippen LogP contribution in [-0.4, -0.2) is 58.6 Å². The molecule has 0 bridgehead atoms. The van der Waals surface area contributed by atoms with Crippen molar-refractivity contribution >= 4 is 15.7 Å². The van der Waals surface area contributed by atoms with E-state index in [1.807, 2.05) is 6.92 Å². The van der Waals surface area contributed by atoms with Gasteiger partial charge in [-0.1, -0.05) is 6.92 Å². The highest BCUT2D eigenvalue weighted by atomic mass is 32.2. The Hall–Kier alpha value is -1.64. The number of aromatic amines is 1. The summed E-state index contributed by atoms with van der Waals surface area (Å²) in [7, 11) is -3.30. The summed E-state index contributed by atoms with van der Waals surface area (Å²) in [6.07, 6.45) is 1.37. The molecule has 1 aliphatic rings. The summed E-state index contributed by atoms with van der Waals surface area (Å²) in [4.78, 5) is 25.2. The molecule has 1 N–H and O–H groups in total. The van der Waals surface area contributed by atoms with E-state index >= 15 is 0 Å². The SMILES string of the molecule is CCn1c(C2CCN(C(=O)CS(=O)(=O)CC)CC2)n[nH]c1=O. The number of sulfone groups is 1. The normalized spacial score (nSPS) is 16.9. The third-order valence-electron chi connectivity index (χ3n) is 4.10. The highest BCUT2D eigenvalue weighted by molar-refractivity contribution is 7.92. The second kappa shape index (κ2) is 6.64. The van der Waals surface area contributed by atoms with Crippen molar-refractivity contribution in [3.63, 3.8) is 0 Å². The Labute approximate surface area is 129 Å². The van der Waals surface area contributed by atoms with Crippen LogP contribution in [0.25, 0.3) is 0 Å². The monoisotopic (exact) mass is 330 g/mol. The fourth-order valence-corrected chi connectivity index (χ4v) is 3.48. The van der Waals surface area contributed by atoms with Crippen LogP contribution in [0.3, 0.4) is 0 Å². The van der Waals surface area contributed by atoms with Crippen LogP contribution in [0.15, 0.2) is 4.79 Å². The number of rotatable bonds is 5. The van der Waals surface area contributed by atoms with Crippen molar-refractivity contribution in [1.82, 2.24) is 19.7 Å². The first-order valence-corrected chi connectivity index (χ1v) is 9.33. The van der Waals surface area contributed by atoms with Gasteiger partial charge in [-0.25, -0.2) is 18.3 Å². The van der Waals surface area contributed by atoms with Crippen molar-refractivity contribution in [2.24, 2.45) is 0 Å². The highest BCUT2D eigenvalue weighted by Gasteiger charge is 2.28. The lowest BCUT2D eigenvalue weighted by molar-refractivity contribution is -0.129. The molecular formula is C13H22N4O4S. The van der Waals surface area contributed by atoms with Gasteiger partial charge in [0.2, 0.25) is 5.91 Å². The van der Waals surface area contributed by atoms with Crippen LogP contribution in [0.4, 0.5) is 0 Å². The molecule has 0 aliphatic carbocycles. The zero-order valence-corrected chi connectivity index (χ0v) is 13.7. The molecule has 0 saturated carbocycles. The lowest BCUT2D eigenvalue weighted by atomic mass is 9.96. The first-order chi connectivity index (χ1) is 10.4. The number of hydrogen-bond acceptors (Lipinski definition) is 5. The van der Waals surface area contributed by atoms with E-state index in [0.717, 1.165) is 5.82 Å². The van der Waals surface area contributed by atoms with Gasteiger partial charge in [0.1, 0.15) is 11.6 Å². The third-order valence-corrected chi connectivity index (χ3v) is 5.67. The summed E-state index contributed by atoms with van der Waals surface area (Å²) in [5.41, 5.74) is -0.218. The van der Waals surface area contributed by atoms with Crippen molar-refractivity contribution in [3.05, 3.63) is 16.3 Å². The van der Waals surface area contributed by atoms with E-state index in [0.29, 0.717) is 32.5 Å². The molecule has 0 aromatic carbocycles. The van der Waals surface area contributed by atoms with Crippen LogP contribution in [0.1, 0.15) is 38.4 Å². The Morgan fingerprint density at radius 1 is 1.32 bits per heavy atom. The number of aromatic nitrogens is 3. The minimum absolute atomic E-state index is 0.0226. The molecule has 22 heavy (non-hydrogen) atoms. The quantitative estimate of drug-likeness (QED) is 0.800. The Morgan fingerprint density at radius 3 is 2.50 bits per heavy atom. The van der Waals surface area contributed by atoms with E-state index < -0.39 is 15.6 Å². The summed E-state index contributed by atoms with van der Waals surface area (Å²) < 4.78 is 24.7. The van der Waals surface area contributed by atoms with Gasteiger partial charge in [-0.15, -0.1) is 0 Å². The molecule has 1 aromatic heterocycles. The summed E-state index contributed by atoms with van der Waals surface area (Å²) in [5, 5.41) is 6.53. The Bertz CT molecular complexity index is 683. The second-order valence-electron chi connectivity index (χ2n) is 5.46. The third kappa shape index (κ3) is 3.57. The van der Waals surface area contributed by atoms with E-state index in [1.54, 1.807) is 9.47 Å². The molecule has 1 aliphatic heterocycles. The number of carbonyl (C=O) groups is 1. The number of amides is 1. The van der Waals surface area contributed by atoms with Gasteiger partial charge in [0, 0.05) is 31.3 Å². The molecule has 124 valence electrons. The van der Waals surface area contributed by atoms with Gasteiger partial charge in [-0.3, -0.25) is 9.36 Å². The second-order valence-corrected chi connectivity index (χ2v) is 7.82. The standard InChI is InChI=1S/C13H22N4O4S/c1-3-17-12(14-15-13(17)19)10-5-7-16(8-6-10)11(18)9-22(20,21)4-2/h10H,3-9H2,1-2H3,(H,15,19). The lowest BCUT2D eigenvalue weighted by Crippen LogP contribution is -2.41. The first kappa shape index (κ1) is 16.7. The Morgan fingerprint density at radius 2 is 1.95 bits per heavy atom. The van der Waals surface area contributed by atoms with E-state index in [4.69, 9.17) is 0 Å². The van der Waals surface area contributed by atoms with Gasteiger partial charge in [-0.05, 0) is 19.8 Å². The van der Waals surface area contributed by atoms with Gasteiger partial charge < -0.3 is 4.90 Å². The largest absolute Gasteiger partial charge is 0.343 e. The molecule has 2 heterocycles. The average Bonchev–Trinajstić information content (AvgIpc) is 2.87. The molecule has 0 atom stereocenters. The van der Waals surface area contributed by atoms with Crippen molar-refractivity contribution in [3.8, 4) is 0 Å². The lowest BCUT2D eigenvalue weighted by Gasteiger charge is -2.31. The number of carbonyl (C=O) groups excluding carboxylic acids is 1. The van der Waals surface area contributed by atoms with Crippen molar-refractivity contribution in [2.45, 2.75) is 39.2 Å². The highest BCUT2D eigenvalue weighted by Crippen LogP contribution is 2.26. The minimum Gasteiger partial charge on any atom is -0.342 e. The smallest absolute Gasteiger partial charge is 0.342 e. The predicted molar refractivity (Wildman–Crippen MR) is 81.4 cm³/mol. The van der Waals surface area contributed by atoms with Gasteiger partial charge in [0.25, 0.3) is 0 Å². The van der Waals surface area contributed by atoms with E-state index in [1.165, 1.54) is 6.92 Å². The molecule has 0 spiro atoms. The minimum atomic E-state index is -3.30. The summed E-state index contributed by atoms with van der Waals surface area (Å²) >= 11 is 0. The van der Waals surface area contributed by atoms with Crippen LogP contribution in [0.5, 0.6) is 0 Å². The number of hydrogen-bond donors (Lipinski definition) is 1. The zero-order chi connectivity index (χ0) is 16.3. The van der Waals surface area contributed by atoms with E-state index in [2.05, 4.69) is 10.2 Å². The Kier molecular flexibility index (Phi) is 5.05. The van der Waals surface area contributed by atoms with Crippen molar-refractivity contribution in [2.75, 3.05) is 24.6 Å². The maximum atomic E-state index is 12.0. The van der Waals surface area contributed by atoms with E-state index in [-0.39, 0.29) is 23.3 Å². The molecule has 0 radical (unpaired) electrons. The fraction of sp³-hybridized carbons (Fsp3) is 0.769. The average molecular weight is 330 g/mol. The van der Waals surface area contributed by atoms with E-state index in [9.17, 15) is 18.0 Å². The van der Waals surface area contributed by atoms with Crippen LogP contribution in [-0.2, 0) is 21.2 Å². The maximum absolute atomic E-state index is 12.0. The summed E-state index contributed by atoms with van der Waals surface area (Å²) in [6, 6.07) is 0. The van der Waals surface area contributed by atoms with Gasteiger partial charge in [0.05, 0.1) is 0 Å². The van der Waals surface area contributed by atoms with Crippen LogP contribution in [0, 0.1) is 0 Å². The fourth-order valence-electron chi connectivity index (χ4n) is 2.72. The molecule has 1 saturated heterocycles. The zero-order valence-electron chi connectivity index (χ0n) is 12.9. The number of likely N-dealkylation sites (tertiary alicyclic amines) is 1. The molecule has 1 aromatic rings. The summed E-state index contributed by atoms with van der Waals surface area (Å²) in [5.74, 6) is 0.0586. The topological polar surface area (TPSA) is 105 Å². The molecule has 0 unspecified atom stereocenters. The van der Waals surface area contributed by atoms with Crippen molar-refractivity contribution < 1.29 is 13.2 Å². The van der Waals surface area contributed by atoms with Crippen LogP contribution < -0.4 is 5.69 Å². The van der Waals surface area contributed by atoms with Gasteiger partial charge in [-0.2, -0.15) is 5.10 Å². The van der Waals surface area contributed by atoms with Crippen molar-refractivity contribution in [1.29, 1.82) is 0 Å². The maximum Gasteiger partial charge on any atom is 0.343 e. The number of H-pyrrole nitrogens is 1. The number of nitrogens with one attached hydrogen (secondary N) is 1. The molecule has 1 amide bonds. The Balaban J connectivity index is 1.98.